The number of benzene rings is 1. The lowest BCUT2D eigenvalue weighted by Gasteiger charge is -2.11. The molecule has 8 nitrogen and oxygen atoms in total. The highest BCUT2D eigenvalue weighted by molar-refractivity contribution is 7.17. The Labute approximate surface area is 158 Å². The van der Waals surface area contributed by atoms with E-state index in [-0.39, 0.29) is 23.9 Å². The van der Waals surface area contributed by atoms with E-state index < -0.39 is 10.9 Å². The first-order chi connectivity index (χ1) is 12.9. The molecule has 1 aromatic carbocycles. The molecule has 0 aliphatic carbocycles. The van der Waals surface area contributed by atoms with Crippen LogP contribution in [-0.2, 0) is 16.1 Å². The van der Waals surface area contributed by atoms with Gasteiger partial charge in [0.15, 0.2) is 0 Å². The Morgan fingerprint density at radius 1 is 1.44 bits per heavy atom. The maximum absolute atomic E-state index is 12.9. The van der Waals surface area contributed by atoms with E-state index in [9.17, 15) is 19.7 Å². The first kappa shape index (κ1) is 18.7. The molecule has 0 bridgehead atoms. The summed E-state index contributed by atoms with van der Waals surface area (Å²) in [6.07, 6.45) is 1.77. The van der Waals surface area contributed by atoms with Crippen molar-refractivity contribution in [1.29, 1.82) is 0 Å². The van der Waals surface area contributed by atoms with E-state index in [1.807, 2.05) is 6.92 Å². The van der Waals surface area contributed by atoms with Crippen LogP contribution < -0.4 is 5.56 Å². The van der Waals surface area contributed by atoms with E-state index in [4.69, 9.17) is 4.74 Å². The zero-order valence-electron chi connectivity index (χ0n) is 14.7. The fourth-order valence-electron chi connectivity index (χ4n) is 2.56. The minimum absolute atomic E-state index is 0.0619. The number of rotatable bonds is 6. The van der Waals surface area contributed by atoms with Gasteiger partial charge in [0.05, 0.1) is 22.7 Å². The van der Waals surface area contributed by atoms with Crippen molar-refractivity contribution in [2.45, 2.75) is 32.9 Å². The SMILES string of the molecule is CC[C@@H](C)OC(=O)Cn1cnc2scc(-c3cccc([N+](=O)[O-])c3)c2c1=O. The predicted octanol–water partition coefficient (Wildman–Crippen LogP) is 3.37. The number of non-ortho nitro benzene ring substituents is 1. The standard InChI is InChI=1S/C18H17N3O5S/c1-3-11(2)26-15(22)8-20-10-19-17-16(18(20)23)14(9-27-17)12-5-4-6-13(7-12)21(24)25/h4-7,9-11H,3,8H2,1-2H3/t11-/m1/s1. The van der Waals surface area contributed by atoms with E-state index in [1.54, 1.807) is 24.4 Å². The van der Waals surface area contributed by atoms with Crippen molar-refractivity contribution in [2.24, 2.45) is 0 Å². The number of nitrogens with zero attached hydrogens (tertiary/aromatic N) is 3. The molecule has 0 fully saturated rings. The van der Waals surface area contributed by atoms with Gasteiger partial charge in [-0.2, -0.15) is 0 Å². The van der Waals surface area contributed by atoms with Crippen molar-refractivity contribution in [3.63, 3.8) is 0 Å². The van der Waals surface area contributed by atoms with Gasteiger partial charge in [-0.05, 0) is 18.9 Å². The molecule has 9 heteroatoms. The Morgan fingerprint density at radius 3 is 2.93 bits per heavy atom. The molecule has 0 radical (unpaired) electrons. The summed E-state index contributed by atoms with van der Waals surface area (Å²) < 4.78 is 6.41. The Bertz CT molecular complexity index is 1070. The molecule has 2 aromatic heterocycles. The number of nitro benzene ring substituents is 1. The number of hydrogen-bond acceptors (Lipinski definition) is 7. The smallest absolute Gasteiger partial charge is 0.326 e. The molecule has 2 heterocycles. The zero-order valence-corrected chi connectivity index (χ0v) is 15.6. The Balaban J connectivity index is 2.02. The summed E-state index contributed by atoms with van der Waals surface area (Å²) in [4.78, 5) is 40.2. The summed E-state index contributed by atoms with van der Waals surface area (Å²) in [5.41, 5.74) is 0.659. The maximum atomic E-state index is 12.9. The van der Waals surface area contributed by atoms with Crippen molar-refractivity contribution < 1.29 is 14.5 Å². The van der Waals surface area contributed by atoms with Crippen LogP contribution in [0.5, 0.6) is 0 Å². The second-order valence-electron chi connectivity index (χ2n) is 6.02. The maximum Gasteiger partial charge on any atom is 0.326 e. The van der Waals surface area contributed by atoms with E-state index in [1.165, 1.54) is 34.4 Å². The second kappa shape index (κ2) is 7.67. The molecular weight excluding hydrogens is 370 g/mol. The summed E-state index contributed by atoms with van der Waals surface area (Å²) >= 11 is 1.27. The topological polar surface area (TPSA) is 104 Å². The van der Waals surface area contributed by atoms with E-state index in [0.717, 1.165) is 0 Å². The number of carbonyl (C=O) groups excluding carboxylic acids is 1. The molecule has 140 valence electrons. The van der Waals surface area contributed by atoms with Crippen molar-refractivity contribution in [3.05, 3.63) is 56.4 Å². The van der Waals surface area contributed by atoms with Gasteiger partial charge in [-0.1, -0.05) is 19.1 Å². The lowest BCUT2D eigenvalue weighted by Crippen LogP contribution is -2.27. The van der Waals surface area contributed by atoms with Gasteiger partial charge in [0.2, 0.25) is 0 Å². The third-order valence-corrected chi connectivity index (χ3v) is 5.02. The summed E-state index contributed by atoms with van der Waals surface area (Å²) in [6, 6.07) is 6.06. The quantitative estimate of drug-likeness (QED) is 0.365. The molecule has 0 aliphatic heterocycles. The lowest BCUT2D eigenvalue weighted by molar-refractivity contribution is -0.384. The number of ether oxygens (including phenoxy) is 1. The van der Waals surface area contributed by atoms with E-state index in [2.05, 4.69) is 4.98 Å². The largest absolute Gasteiger partial charge is 0.461 e. The summed E-state index contributed by atoms with van der Waals surface area (Å²) in [5, 5.41) is 13.1. The zero-order chi connectivity index (χ0) is 19.6. The molecule has 0 N–H and O–H groups in total. The van der Waals surface area contributed by atoms with Gasteiger partial charge in [-0.15, -0.1) is 11.3 Å². The van der Waals surface area contributed by atoms with E-state index in [0.29, 0.717) is 27.8 Å². The first-order valence-corrected chi connectivity index (χ1v) is 9.19. The van der Waals surface area contributed by atoms with Crippen molar-refractivity contribution >= 4 is 33.2 Å². The number of nitro groups is 1. The molecule has 0 spiro atoms. The Kier molecular flexibility index (Phi) is 5.31. The van der Waals surface area contributed by atoms with Gasteiger partial charge in [-0.25, -0.2) is 4.98 Å². The van der Waals surface area contributed by atoms with Crippen LogP contribution in [-0.4, -0.2) is 26.5 Å². The molecule has 1 atom stereocenters. The minimum atomic E-state index is -0.514. The Hall–Kier alpha value is -3.07. The average Bonchev–Trinajstić information content (AvgIpc) is 3.09. The number of thiophene rings is 1. The van der Waals surface area contributed by atoms with Gasteiger partial charge < -0.3 is 4.74 Å². The number of esters is 1. The van der Waals surface area contributed by atoms with Gasteiger partial charge in [0.25, 0.3) is 11.2 Å². The fourth-order valence-corrected chi connectivity index (χ4v) is 3.47. The highest BCUT2D eigenvalue weighted by atomic mass is 32.1. The van der Waals surface area contributed by atoms with Gasteiger partial charge in [-0.3, -0.25) is 24.3 Å². The number of carbonyl (C=O) groups is 1. The molecule has 0 saturated carbocycles. The number of aromatic nitrogens is 2. The molecule has 0 saturated heterocycles. The first-order valence-electron chi connectivity index (χ1n) is 8.31. The van der Waals surface area contributed by atoms with Gasteiger partial charge in [0.1, 0.15) is 11.4 Å². The van der Waals surface area contributed by atoms with E-state index >= 15 is 0 Å². The molecule has 27 heavy (non-hydrogen) atoms. The number of hydrogen-bond donors (Lipinski definition) is 0. The van der Waals surface area contributed by atoms with Crippen LogP contribution in [0.4, 0.5) is 5.69 Å². The van der Waals surface area contributed by atoms with Crippen LogP contribution in [0.2, 0.25) is 0 Å². The summed E-state index contributed by atoms with van der Waals surface area (Å²) in [5.74, 6) is -0.514. The highest BCUT2D eigenvalue weighted by Crippen LogP contribution is 2.32. The van der Waals surface area contributed by atoms with Crippen LogP contribution in [0.15, 0.2) is 40.8 Å². The monoisotopic (exact) mass is 387 g/mol. The molecule has 0 aliphatic rings. The fraction of sp³-hybridized carbons (Fsp3) is 0.278. The molecule has 3 rings (SSSR count). The third kappa shape index (κ3) is 3.87. The van der Waals surface area contributed by atoms with Crippen LogP contribution in [0.3, 0.4) is 0 Å². The molecule has 3 aromatic rings. The summed E-state index contributed by atoms with van der Waals surface area (Å²) in [6.45, 7) is 3.44. The number of fused-ring (bicyclic) bond motifs is 1. The summed E-state index contributed by atoms with van der Waals surface area (Å²) in [7, 11) is 0. The molecule has 0 amide bonds. The van der Waals surface area contributed by atoms with Crippen molar-refractivity contribution in [2.75, 3.05) is 0 Å². The lowest BCUT2D eigenvalue weighted by atomic mass is 10.1. The predicted molar refractivity (Wildman–Crippen MR) is 102 cm³/mol. The van der Waals surface area contributed by atoms with Gasteiger partial charge >= 0.3 is 5.97 Å². The average molecular weight is 387 g/mol. The van der Waals surface area contributed by atoms with Crippen molar-refractivity contribution in [1.82, 2.24) is 9.55 Å². The van der Waals surface area contributed by atoms with Crippen LogP contribution >= 0.6 is 11.3 Å². The molecular formula is C18H17N3O5S. The normalized spacial score (nSPS) is 12.1. The second-order valence-corrected chi connectivity index (χ2v) is 6.88. The van der Waals surface area contributed by atoms with Crippen molar-refractivity contribution in [3.8, 4) is 11.1 Å². The van der Waals surface area contributed by atoms with Crippen LogP contribution in [0.1, 0.15) is 20.3 Å². The van der Waals surface area contributed by atoms with Gasteiger partial charge in [0, 0.05) is 23.1 Å². The highest BCUT2D eigenvalue weighted by Gasteiger charge is 2.17. The van der Waals surface area contributed by atoms with Crippen LogP contribution in [0, 0.1) is 10.1 Å². The Morgan fingerprint density at radius 2 is 2.22 bits per heavy atom. The third-order valence-electron chi connectivity index (χ3n) is 4.14. The molecule has 0 unspecified atom stereocenters. The van der Waals surface area contributed by atoms with Crippen LogP contribution in [0.25, 0.3) is 21.3 Å². The minimum Gasteiger partial charge on any atom is -0.461 e.